The first-order chi connectivity index (χ1) is 6.83. The predicted molar refractivity (Wildman–Crippen MR) is 61.7 cm³/mol. The number of methoxy groups -OCH3 is 1. The largest absolute Gasteiger partial charge is 0.496 e. The van der Waals surface area contributed by atoms with Crippen LogP contribution in [0.5, 0.6) is 5.75 Å². The van der Waals surface area contributed by atoms with Crippen LogP contribution in [0.4, 0.5) is 0 Å². The van der Waals surface area contributed by atoms with E-state index in [0.29, 0.717) is 0 Å². The smallest absolute Gasteiger partial charge is 0.122 e. The molecule has 0 saturated carbocycles. The molecule has 0 saturated heterocycles. The molecule has 0 bridgehead atoms. The van der Waals surface area contributed by atoms with Gasteiger partial charge in [-0.25, -0.2) is 0 Å². The third-order valence-corrected chi connectivity index (χ3v) is 2.24. The SMILES string of the molecule is C/C=C\c1cccc(OC)c1CCC. The van der Waals surface area contributed by atoms with E-state index in [2.05, 4.69) is 25.1 Å². The lowest BCUT2D eigenvalue weighted by atomic mass is 10.0. The van der Waals surface area contributed by atoms with E-state index < -0.39 is 0 Å². The molecule has 0 atom stereocenters. The molecule has 0 N–H and O–H groups in total. The van der Waals surface area contributed by atoms with E-state index in [0.717, 1.165) is 18.6 Å². The molecule has 1 aromatic carbocycles. The highest BCUT2D eigenvalue weighted by Gasteiger charge is 2.04. The quantitative estimate of drug-likeness (QED) is 0.703. The summed E-state index contributed by atoms with van der Waals surface area (Å²) in [6, 6.07) is 6.19. The first-order valence-electron chi connectivity index (χ1n) is 5.12. The van der Waals surface area contributed by atoms with Crippen LogP contribution in [0.15, 0.2) is 24.3 Å². The Morgan fingerprint density at radius 1 is 1.36 bits per heavy atom. The van der Waals surface area contributed by atoms with Gasteiger partial charge in [-0.2, -0.15) is 0 Å². The van der Waals surface area contributed by atoms with Gasteiger partial charge in [-0.3, -0.25) is 0 Å². The summed E-state index contributed by atoms with van der Waals surface area (Å²) in [7, 11) is 1.73. The van der Waals surface area contributed by atoms with Crippen LogP contribution in [0.1, 0.15) is 31.4 Å². The van der Waals surface area contributed by atoms with E-state index in [1.165, 1.54) is 11.1 Å². The summed E-state index contributed by atoms with van der Waals surface area (Å²) >= 11 is 0. The van der Waals surface area contributed by atoms with Crippen LogP contribution in [0.3, 0.4) is 0 Å². The van der Waals surface area contributed by atoms with Gasteiger partial charge in [0.1, 0.15) is 5.75 Å². The maximum atomic E-state index is 5.35. The van der Waals surface area contributed by atoms with Gasteiger partial charge in [0.25, 0.3) is 0 Å². The van der Waals surface area contributed by atoms with Gasteiger partial charge < -0.3 is 4.74 Å². The average Bonchev–Trinajstić information content (AvgIpc) is 2.21. The Hall–Kier alpha value is -1.24. The van der Waals surface area contributed by atoms with Crippen molar-refractivity contribution in [3.05, 3.63) is 35.4 Å². The Labute approximate surface area is 86.4 Å². The second kappa shape index (κ2) is 5.48. The minimum atomic E-state index is 1.00. The molecule has 0 aliphatic rings. The van der Waals surface area contributed by atoms with Crippen molar-refractivity contribution in [1.82, 2.24) is 0 Å². The van der Waals surface area contributed by atoms with Crippen molar-refractivity contribution in [3.63, 3.8) is 0 Å². The van der Waals surface area contributed by atoms with Crippen molar-refractivity contribution in [2.75, 3.05) is 7.11 Å². The van der Waals surface area contributed by atoms with Crippen LogP contribution in [0.25, 0.3) is 6.08 Å². The molecule has 0 amide bonds. The zero-order valence-electron chi connectivity index (χ0n) is 9.21. The van der Waals surface area contributed by atoms with Crippen LogP contribution < -0.4 is 4.74 Å². The third kappa shape index (κ3) is 2.38. The number of ether oxygens (including phenoxy) is 1. The van der Waals surface area contributed by atoms with E-state index in [4.69, 9.17) is 4.74 Å². The molecule has 0 unspecified atom stereocenters. The Bertz CT molecular complexity index is 313. The number of benzene rings is 1. The fraction of sp³-hybridized carbons (Fsp3) is 0.385. The maximum absolute atomic E-state index is 5.35. The summed E-state index contributed by atoms with van der Waals surface area (Å²) in [6.07, 6.45) is 6.41. The van der Waals surface area contributed by atoms with Gasteiger partial charge in [0.05, 0.1) is 7.11 Å². The average molecular weight is 190 g/mol. The second-order valence-corrected chi connectivity index (χ2v) is 3.28. The fourth-order valence-electron chi connectivity index (χ4n) is 1.63. The Kier molecular flexibility index (Phi) is 4.24. The van der Waals surface area contributed by atoms with Gasteiger partial charge in [-0.1, -0.05) is 37.6 Å². The zero-order valence-corrected chi connectivity index (χ0v) is 9.21. The molecular weight excluding hydrogens is 172 g/mol. The third-order valence-electron chi connectivity index (χ3n) is 2.24. The molecule has 0 spiro atoms. The van der Waals surface area contributed by atoms with Gasteiger partial charge in [0.2, 0.25) is 0 Å². The normalized spacial score (nSPS) is 10.8. The number of hydrogen-bond acceptors (Lipinski definition) is 1. The molecule has 0 aliphatic heterocycles. The zero-order chi connectivity index (χ0) is 10.4. The van der Waals surface area contributed by atoms with Crippen molar-refractivity contribution < 1.29 is 4.74 Å². The summed E-state index contributed by atoms with van der Waals surface area (Å²) in [5.41, 5.74) is 2.59. The molecule has 1 nitrogen and oxygen atoms in total. The van der Waals surface area contributed by atoms with E-state index in [1.54, 1.807) is 7.11 Å². The van der Waals surface area contributed by atoms with Crippen LogP contribution in [-0.2, 0) is 6.42 Å². The molecule has 0 aliphatic carbocycles. The van der Waals surface area contributed by atoms with Gasteiger partial charge in [-0.15, -0.1) is 0 Å². The number of allylic oxidation sites excluding steroid dienone is 1. The lowest BCUT2D eigenvalue weighted by molar-refractivity contribution is 0.409. The fourth-order valence-corrected chi connectivity index (χ4v) is 1.63. The molecule has 0 heterocycles. The molecule has 1 rings (SSSR count). The van der Waals surface area contributed by atoms with Crippen LogP contribution in [0, 0.1) is 0 Å². The highest BCUT2D eigenvalue weighted by Crippen LogP contribution is 2.24. The molecule has 0 radical (unpaired) electrons. The monoisotopic (exact) mass is 190 g/mol. The Balaban J connectivity index is 3.13. The van der Waals surface area contributed by atoms with Crippen LogP contribution in [0.2, 0.25) is 0 Å². The van der Waals surface area contributed by atoms with Gasteiger partial charge in [0, 0.05) is 5.56 Å². The van der Waals surface area contributed by atoms with Crippen LogP contribution >= 0.6 is 0 Å². The number of rotatable bonds is 4. The summed E-state index contributed by atoms with van der Waals surface area (Å²) in [6.45, 7) is 4.22. The van der Waals surface area contributed by atoms with E-state index in [-0.39, 0.29) is 0 Å². The maximum Gasteiger partial charge on any atom is 0.122 e. The molecule has 0 fully saturated rings. The van der Waals surface area contributed by atoms with E-state index >= 15 is 0 Å². The first-order valence-corrected chi connectivity index (χ1v) is 5.12. The predicted octanol–water partition coefficient (Wildman–Crippen LogP) is 3.68. The summed E-state index contributed by atoms with van der Waals surface area (Å²) in [4.78, 5) is 0. The van der Waals surface area contributed by atoms with Crippen molar-refractivity contribution in [3.8, 4) is 5.75 Å². The second-order valence-electron chi connectivity index (χ2n) is 3.28. The lowest BCUT2D eigenvalue weighted by Crippen LogP contribution is -1.94. The van der Waals surface area contributed by atoms with E-state index in [9.17, 15) is 0 Å². The lowest BCUT2D eigenvalue weighted by Gasteiger charge is -2.10. The van der Waals surface area contributed by atoms with Gasteiger partial charge in [-0.05, 0) is 25.0 Å². The van der Waals surface area contributed by atoms with Crippen molar-refractivity contribution in [2.24, 2.45) is 0 Å². The molecule has 0 aromatic heterocycles. The van der Waals surface area contributed by atoms with Crippen molar-refractivity contribution in [2.45, 2.75) is 26.7 Å². The van der Waals surface area contributed by atoms with Crippen molar-refractivity contribution in [1.29, 1.82) is 0 Å². The molecule has 1 heteroatoms. The number of hydrogen-bond donors (Lipinski definition) is 0. The topological polar surface area (TPSA) is 9.23 Å². The highest BCUT2D eigenvalue weighted by molar-refractivity contribution is 5.57. The first kappa shape index (κ1) is 10.8. The standard InChI is InChI=1S/C13H18O/c1-4-7-11-9-6-10-13(14-3)12(11)8-5-2/h4,6-7,9-10H,5,8H2,1-3H3/b7-4-. The summed E-state index contributed by atoms with van der Waals surface area (Å²) < 4.78 is 5.35. The molecule has 1 aromatic rings. The molecule has 14 heavy (non-hydrogen) atoms. The highest BCUT2D eigenvalue weighted by atomic mass is 16.5. The molecular formula is C13H18O. The molecule has 76 valence electrons. The minimum Gasteiger partial charge on any atom is -0.496 e. The summed E-state index contributed by atoms with van der Waals surface area (Å²) in [5.74, 6) is 1.00. The summed E-state index contributed by atoms with van der Waals surface area (Å²) in [5, 5.41) is 0. The van der Waals surface area contributed by atoms with E-state index in [1.807, 2.05) is 19.1 Å². The Morgan fingerprint density at radius 3 is 2.71 bits per heavy atom. The minimum absolute atomic E-state index is 1.00. The van der Waals surface area contributed by atoms with Gasteiger partial charge in [0.15, 0.2) is 0 Å². The Morgan fingerprint density at radius 2 is 2.14 bits per heavy atom. The van der Waals surface area contributed by atoms with Crippen LogP contribution in [-0.4, -0.2) is 7.11 Å². The van der Waals surface area contributed by atoms with Crippen molar-refractivity contribution >= 4 is 6.08 Å². The van der Waals surface area contributed by atoms with Gasteiger partial charge >= 0.3 is 0 Å².